The highest BCUT2D eigenvalue weighted by Gasteiger charge is 2.30. The zero-order chi connectivity index (χ0) is 15.1. The van der Waals surface area contributed by atoms with Crippen LogP contribution in [0.5, 0.6) is 0 Å². The standard InChI is InChI=1S/C16H16N4O2/c1-11-13(8-18-22-11)16(21)19-7-6-12(9-19)20-10-17-14-4-2-3-5-15(14)20/h2-5,8,10,12H,6-7,9H2,1H3. The summed E-state index contributed by atoms with van der Waals surface area (Å²) in [7, 11) is 0. The average Bonchev–Trinajstić information content (AvgIpc) is 3.25. The number of carbonyl (C=O) groups excluding carboxylic acids is 1. The molecule has 0 bridgehead atoms. The minimum atomic E-state index is -0.00864. The van der Waals surface area contributed by atoms with Crippen LogP contribution in [0.4, 0.5) is 0 Å². The molecule has 0 saturated carbocycles. The predicted octanol–water partition coefficient (Wildman–Crippen LogP) is 2.42. The maximum Gasteiger partial charge on any atom is 0.259 e. The van der Waals surface area contributed by atoms with Crippen molar-refractivity contribution in [2.75, 3.05) is 13.1 Å². The zero-order valence-corrected chi connectivity index (χ0v) is 12.3. The van der Waals surface area contributed by atoms with Gasteiger partial charge in [-0.15, -0.1) is 0 Å². The van der Waals surface area contributed by atoms with Crippen molar-refractivity contribution < 1.29 is 9.32 Å². The van der Waals surface area contributed by atoms with Crippen molar-refractivity contribution in [3.8, 4) is 0 Å². The van der Waals surface area contributed by atoms with Crippen molar-refractivity contribution in [1.82, 2.24) is 19.6 Å². The number of aromatic nitrogens is 3. The summed E-state index contributed by atoms with van der Waals surface area (Å²) >= 11 is 0. The molecule has 3 heterocycles. The highest BCUT2D eigenvalue weighted by molar-refractivity contribution is 5.95. The Morgan fingerprint density at radius 3 is 3.05 bits per heavy atom. The minimum Gasteiger partial charge on any atom is -0.361 e. The predicted molar refractivity (Wildman–Crippen MR) is 80.5 cm³/mol. The molecule has 0 aliphatic carbocycles. The molecule has 0 spiro atoms. The number of carbonyl (C=O) groups is 1. The van der Waals surface area contributed by atoms with E-state index in [1.54, 1.807) is 6.92 Å². The molecule has 1 unspecified atom stereocenters. The Balaban J connectivity index is 1.58. The summed E-state index contributed by atoms with van der Waals surface area (Å²) in [5, 5.41) is 3.69. The number of hydrogen-bond donors (Lipinski definition) is 0. The van der Waals surface area contributed by atoms with Gasteiger partial charge in [-0.2, -0.15) is 0 Å². The van der Waals surface area contributed by atoms with Crippen LogP contribution in [0.15, 0.2) is 41.3 Å². The van der Waals surface area contributed by atoms with Gasteiger partial charge in [0, 0.05) is 13.1 Å². The highest BCUT2D eigenvalue weighted by atomic mass is 16.5. The van der Waals surface area contributed by atoms with E-state index in [1.165, 1.54) is 6.20 Å². The average molecular weight is 296 g/mol. The third-order valence-corrected chi connectivity index (χ3v) is 4.31. The molecule has 1 saturated heterocycles. The van der Waals surface area contributed by atoms with Crippen LogP contribution in [0.2, 0.25) is 0 Å². The Bertz CT molecular complexity index is 835. The number of para-hydroxylation sites is 2. The fourth-order valence-electron chi connectivity index (χ4n) is 3.10. The van der Waals surface area contributed by atoms with E-state index in [9.17, 15) is 4.79 Å². The molecule has 112 valence electrons. The Kier molecular flexibility index (Phi) is 2.96. The van der Waals surface area contributed by atoms with Crippen molar-refractivity contribution in [1.29, 1.82) is 0 Å². The highest BCUT2D eigenvalue weighted by Crippen LogP contribution is 2.27. The van der Waals surface area contributed by atoms with E-state index in [-0.39, 0.29) is 11.9 Å². The molecule has 1 aliphatic heterocycles. The SMILES string of the molecule is Cc1oncc1C(=O)N1CCC(n2cnc3ccccc32)C1. The van der Waals surface area contributed by atoms with Gasteiger partial charge in [0.25, 0.3) is 5.91 Å². The van der Waals surface area contributed by atoms with Gasteiger partial charge in [0.05, 0.1) is 29.6 Å². The van der Waals surface area contributed by atoms with Gasteiger partial charge in [0.15, 0.2) is 0 Å². The van der Waals surface area contributed by atoms with Crippen LogP contribution in [0.25, 0.3) is 11.0 Å². The van der Waals surface area contributed by atoms with Gasteiger partial charge >= 0.3 is 0 Å². The summed E-state index contributed by atoms with van der Waals surface area (Å²) in [4.78, 5) is 18.8. The number of likely N-dealkylation sites (tertiary alicyclic amines) is 1. The first-order valence-electron chi connectivity index (χ1n) is 7.36. The smallest absolute Gasteiger partial charge is 0.259 e. The Morgan fingerprint density at radius 2 is 2.23 bits per heavy atom. The zero-order valence-electron chi connectivity index (χ0n) is 12.3. The number of amides is 1. The molecule has 2 aromatic heterocycles. The van der Waals surface area contributed by atoms with Gasteiger partial charge in [0.1, 0.15) is 11.3 Å². The molecule has 0 radical (unpaired) electrons. The second-order valence-electron chi connectivity index (χ2n) is 5.63. The molecular weight excluding hydrogens is 280 g/mol. The van der Waals surface area contributed by atoms with Crippen LogP contribution < -0.4 is 0 Å². The summed E-state index contributed by atoms with van der Waals surface area (Å²) in [6.45, 7) is 3.18. The maximum atomic E-state index is 12.5. The monoisotopic (exact) mass is 296 g/mol. The van der Waals surface area contributed by atoms with Crippen LogP contribution in [0.1, 0.15) is 28.6 Å². The van der Waals surface area contributed by atoms with Crippen molar-refractivity contribution in [3.05, 3.63) is 48.1 Å². The van der Waals surface area contributed by atoms with E-state index in [0.717, 1.165) is 24.0 Å². The fraction of sp³-hybridized carbons (Fsp3) is 0.312. The number of hydrogen-bond acceptors (Lipinski definition) is 4. The summed E-state index contributed by atoms with van der Waals surface area (Å²) in [6.07, 6.45) is 4.29. The lowest BCUT2D eigenvalue weighted by molar-refractivity contribution is 0.0786. The Hall–Kier alpha value is -2.63. The molecule has 1 atom stereocenters. The maximum absolute atomic E-state index is 12.5. The molecule has 6 nitrogen and oxygen atoms in total. The van der Waals surface area contributed by atoms with Crippen molar-refractivity contribution >= 4 is 16.9 Å². The van der Waals surface area contributed by atoms with Crippen LogP contribution in [-0.2, 0) is 0 Å². The number of aryl methyl sites for hydroxylation is 1. The second kappa shape index (κ2) is 4.98. The number of nitrogens with zero attached hydrogens (tertiary/aromatic N) is 4. The largest absolute Gasteiger partial charge is 0.361 e. The first kappa shape index (κ1) is 13.1. The first-order valence-corrected chi connectivity index (χ1v) is 7.36. The molecule has 0 N–H and O–H groups in total. The molecule has 6 heteroatoms. The first-order chi connectivity index (χ1) is 10.7. The number of imidazole rings is 1. The molecule has 22 heavy (non-hydrogen) atoms. The van der Waals surface area contributed by atoms with Crippen LogP contribution in [0.3, 0.4) is 0 Å². The van der Waals surface area contributed by atoms with Gasteiger partial charge in [-0.1, -0.05) is 17.3 Å². The van der Waals surface area contributed by atoms with E-state index in [1.807, 2.05) is 29.4 Å². The lowest BCUT2D eigenvalue weighted by atomic mass is 10.2. The number of fused-ring (bicyclic) bond motifs is 1. The molecule has 1 fully saturated rings. The lowest BCUT2D eigenvalue weighted by Crippen LogP contribution is -2.29. The van der Waals surface area contributed by atoms with Gasteiger partial charge in [-0.25, -0.2) is 4.98 Å². The quantitative estimate of drug-likeness (QED) is 0.728. The molecular formula is C16H16N4O2. The summed E-state index contributed by atoms with van der Waals surface area (Å²) in [5.74, 6) is 0.562. The topological polar surface area (TPSA) is 64.2 Å². The molecule has 1 amide bonds. The Labute approximate surface area is 127 Å². The Morgan fingerprint density at radius 1 is 1.36 bits per heavy atom. The van der Waals surface area contributed by atoms with E-state index >= 15 is 0 Å². The third kappa shape index (κ3) is 1.99. The lowest BCUT2D eigenvalue weighted by Gasteiger charge is -2.17. The van der Waals surface area contributed by atoms with Crippen LogP contribution in [-0.4, -0.2) is 38.6 Å². The van der Waals surface area contributed by atoms with Gasteiger partial charge in [-0.3, -0.25) is 4.79 Å². The van der Waals surface area contributed by atoms with E-state index in [0.29, 0.717) is 17.9 Å². The fourth-order valence-corrected chi connectivity index (χ4v) is 3.10. The summed E-state index contributed by atoms with van der Waals surface area (Å²) in [6, 6.07) is 8.33. The number of rotatable bonds is 2. The normalized spacial score (nSPS) is 18.2. The number of benzene rings is 1. The summed E-state index contributed by atoms with van der Waals surface area (Å²) < 4.78 is 7.16. The van der Waals surface area contributed by atoms with Gasteiger partial charge in [0.2, 0.25) is 0 Å². The van der Waals surface area contributed by atoms with E-state index in [2.05, 4.69) is 20.8 Å². The molecule has 4 rings (SSSR count). The van der Waals surface area contributed by atoms with Gasteiger partial charge in [-0.05, 0) is 25.5 Å². The molecule has 3 aromatic rings. The molecule has 1 aliphatic rings. The molecule has 1 aromatic carbocycles. The minimum absolute atomic E-state index is 0.00864. The van der Waals surface area contributed by atoms with E-state index in [4.69, 9.17) is 4.52 Å². The van der Waals surface area contributed by atoms with Crippen molar-refractivity contribution in [2.45, 2.75) is 19.4 Å². The van der Waals surface area contributed by atoms with E-state index < -0.39 is 0 Å². The summed E-state index contributed by atoms with van der Waals surface area (Å²) in [5.41, 5.74) is 2.65. The van der Waals surface area contributed by atoms with Gasteiger partial charge < -0.3 is 14.0 Å². The van der Waals surface area contributed by atoms with Crippen molar-refractivity contribution in [2.24, 2.45) is 0 Å². The second-order valence-corrected chi connectivity index (χ2v) is 5.63. The van der Waals surface area contributed by atoms with Crippen LogP contribution >= 0.6 is 0 Å². The van der Waals surface area contributed by atoms with Crippen molar-refractivity contribution in [3.63, 3.8) is 0 Å². The van der Waals surface area contributed by atoms with Crippen LogP contribution in [0, 0.1) is 6.92 Å². The third-order valence-electron chi connectivity index (χ3n) is 4.31.